The molecule has 0 N–H and O–H groups in total. The number of nitrogens with zero attached hydrogens (tertiary/aromatic N) is 2. The average Bonchev–Trinajstić information content (AvgIpc) is 3.22. The Morgan fingerprint density at radius 3 is 2.70 bits per heavy atom. The van der Waals surface area contributed by atoms with Crippen LogP contribution in [-0.4, -0.2) is 23.4 Å². The maximum Gasteiger partial charge on any atom is 0.240 e. The summed E-state index contributed by atoms with van der Waals surface area (Å²) in [5.41, 5.74) is 2.92. The number of benzene rings is 2. The molecule has 0 fully saturated rings. The number of amides is 1. The summed E-state index contributed by atoms with van der Waals surface area (Å²) >= 11 is 0. The van der Waals surface area contributed by atoms with Gasteiger partial charge < -0.3 is 9.47 Å². The van der Waals surface area contributed by atoms with E-state index in [2.05, 4.69) is 5.10 Å². The third kappa shape index (κ3) is 2.44. The lowest BCUT2D eigenvalue weighted by Gasteiger charge is -2.20. The van der Waals surface area contributed by atoms with Crippen LogP contribution in [0.15, 0.2) is 53.6 Å². The Morgan fingerprint density at radius 1 is 1.13 bits per heavy atom. The Morgan fingerprint density at radius 2 is 1.91 bits per heavy atom. The van der Waals surface area contributed by atoms with E-state index in [9.17, 15) is 4.79 Å². The second kappa shape index (κ2) is 5.43. The van der Waals surface area contributed by atoms with Crippen molar-refractivity contribution in [2.75, 3.05) is 6.79 Å². The number of carbonyl (C=O) groups is 1. The molecule has 1 atom stereocenters. The largest absolute Gasteiger partial charge is 0.454 e. The van der Waals surface area contributed by atoms with Crippen LogP contribution in [0.3, 0.4) is 0 Å². The van der Waals surface area contributed by atoms with E-state index in [1.165, 1.54) is 0 Å². The predicted molar refractivity (Wildman–Crippen MR) is 85.4 cm³/mol. The fraction of sp³-hybridized carbons (Fsp3) is 0.222. The summed E-state index contributed by atoms with van der Waals surface area (Å²) < 4.78 is 10.8. The molecule has 0 aliphatic carbocycles. The summed E-state index contributed by atoms with van der Waals surface area (Å²) in [6.07, 6.45) is 0.684. The van der Waals surface area contributed by atoms with Crippen LogP contribution in [0, 0.1) is 0 Å². The summed E-state index contributed by atoms with van der Waals surface area (Å²) in [7, 11) is 0. The molecule has 1 amide bonds. The molecular weight excluding hydrogens is 292 g/mol. The van der Waals surface area contributed by atoms with Crippen molar-refractivity contribution in [3.8, 4) is 11.5 Å². The number of carbonyl (C=O) groups excluding carboxylic acids is 1. The topological polar surface area (TPSA) is 51.1 Å². The van der Waals surface area contributed by atoms with E-state index in [-0.39, 0.29) is 18.7 Å². The zero-order valence-corrected chi connectivity index (χ0v) is 12.7. The molecule has 116 valence electrons. The van der Waals surface area contributed by atoms with Gasteiger partial charge >= 0.3 is 0 Å². The van der Waals surface area contributed by atoms with E-state index in [1.54, 1.807) is 11.9 Å². The molecule has 2 aromatic rings. The maximum absolute atomic E-state index is 12.0. The van der Waals surface area contributed by atoms with E-state index in [0.29, 0.717) is 6.42 Å². The van der Waals surface area contributed by atoms with Crippen LogP contribution in [0.25, 0.3) is 0 Å². The van der Waals surface area contributed by atoms with Gasteiger partial charge in [0.15, 0.2) is 11.5 Å². The highest BCUT2D eigenvalue weighted by Gasteiger charge is 2.31. The summed E-state index contributed by atoms with van der Waals surface area (Å²) in [4.78, 5) is 12.0. The van der Waals surface area contributed by atoms with Crippen LogP contribution in [-0.2, 0) is 4.79 Å². The number of ether oxygens (including phenoxy) is 2. The number of fused-ring (bicyclic) bond motifs is 1. The second-order valence-electron chi connectivity index (χ2n) is 5.61. The van der Waals surface area contributed by atoms with Gasteiger partial charge in [-0.05, 0) is 23.8 Å². The number of hydrazone groups is 1. The van der Waals surface area contributed by atoms with Gasteiger partial charge in [-0.25, -0.2) is 5.01 Å². The number of hydrogen-bond acceptors (Lipinski definition) is 4. The van der Waals surface area contributed by atoms with Gasteiger partial charge in [0, 0.05) is 18.9 Å². The van der Waals surface area contributed by atoms with Crippen LogP contribution >= 0.6 is 0 Å². The Kier molecular flexibility index (Phi) is 3.26. The number of hydrogen-bond donors (Lipinski definition) is 0. The molecule has 23 heavy (non-hydrogen) atoms. The van der Waals surface area contributed by atoms with Gasteiger partial charge in [-0.3, -0.25) is 4.79 Å². The molecular formula is C18H16N2O3. The third-order valence-corrected chi connectivity index (χ3v) is 4.12. The Labute approximate surface area is 134 Å². The molecule has 2 aliphatic rings. The highest BCUT2D eigenvalue weighted by atomic mass is 16.7. The van der Waals surface area contributed by atoms with Gasteiger partial charge in [-0.2, -0.15) is 5.10 Å². The van der Waals surface area contributed by atoms with Crippen LogP contribution in [0.5, 0.6) is 11.5 Å². The lowest BCUT2D eigenvalue weighted by Crippen LogP contribution is -2.24. The third-order valence-electron chi connectivity index (χ3n) is 4.12. The van der Waals surface area contributed by atoms with Gasteiger partial charge in [-0.1, -0.05) is 30.3 Å². The second-order valence-corrected chi connectivity index (χ2v) is 5.61. The number of rotatable bonds is 2. The molecule has 0 spiro atoms. The SMILES string of the molecule is CC(=O)N1N=C(c2ccc3c(c2)OCO3)C[C@@H]1c1ccccc1. The van der Waals surface area contributed by atoms with Crippen molar-refractivity contribution < 1.29 is 14.3 Å². The maximum atomic E-state index is 12.0. The smallest absolute Gasteiger partial charge is 0.240 e. The Balaban J connectivity index is 1.68. The van der Waals surface area contributed by atoms with Crippen molar-refractivity contribution in [3.05, 3.63) is 59.7 Å². The zero-order chi connectivity index (χ0) is 15.8. The molecule has 5 heteroatoms. The van der Waals surface area contributed by atoms with Crippen LogP contribution in [0.4, 0.5) is 0 Å². The van der Waals surface area contributed by atoms with Gasteiger partial charge in [0.2, 0.25) is 12.7 Å². The lowest BCUT2D eigenvalue weighted by atomic mass is 9.98. The highest BCUT2D eigenvalue weighted by Crippen LogP contribution is 2.36. The summed E-state index contributed by atoms with van der Waals surface area (Å²) in [6.45, 7) is 1.79. The van der Waals surface area contributed by atoms with E-state index in [4.69, 9.17) is 9.47 Å². The van der Waals surface area contributed by atoms with E-state index < -0.39 is 0 Å². The molecule has 0 unspecified atom stereocenters. The quantitative estimate of drug-likeness (QED) is 0.856. The summed E-state index contributed by atoms with van der Waals surface area (Å²) in [6, 6.07) is 15.7. The first-order chi connectivity index (χ1) is 11.2. The van der Waals surface area contributed by atoms with E-state index >= 15 is 0 Å². The molecule has 5 nitrogen and oxygen atoms in total. The monoisotopic (exact) mass is 308 g/mol. The van der Waals surface area contributed by atoms with E-state index in [1.807, 2.05) is 48.5 Å². The molecule has 2 aliphatic heterocycles. The molecule has 0 radical (unpaired) electrons. The van der Waals surface area contributed by atoms with Crippen molar-refractivity contribution in [3.63, 3.8) is 0 Å². The summed E-state index contributed by atoms with van der Waals surface area (Å²) in [5.74, 6) is 1.41. The molecule has 2 aromatic carbocycles. The van der Waals surface area contributed by atoms with Gasteiger partial charge in [0.05, 0.1) is 11.8 Å². The molecule has 2 heterocycles. The van der Waals surface area contributed by atoms with Gasteiger partial charge in [-0.15, -0.1) is 0 Å². The van der Waals surface area contributed by atoms with Crippen LogP contribution in [0.2, 0.25) is 0 Å². The molecule has 4 rings (SSSR count). The van der Waals surface area contributed by atoms with Crippen molar-refractivity contribution in [1.82, 2.24) is 5.01 Å². The average molecular weight is 308 g/mol. The van der Waals surface area contributed by atoms with E-state index in [0.717, 1.165) is 28.3 Å². The van der Waals surface area contributed by atoms with Crippen LogP contribution < -0.4 is 9.47 Å². The minimum absolute atomic E-state index is 0.0606. The fourth-order valence-electron chi connectivity index (χ4n) is 2.99. The lowest BCUT2D eigenvalue weighted by molar-refractivity contribution is -0.130. The van der Waals surface area contributed by atoms with Crippen molar-refractivity contribution in [1.29, 1.82) is 0 Å². The zero-order valence-electron chi connectivity index (χ0n) is 12.7. The molecule has 0 saturated heterocycles. The summed E-state index contributed by atoms with van der Waals surface area (Å²) in [5, 5.41) is 6.11. The normalized spacial score (nSPS) is 18.9. The molecule has 0 bridgehead atoms. The first kappa shape index (κ1) is 13.8. The van der Waals surface area contributed by atoms with Gasteiger partial charge in [0.1, 0.15) is 0 Å². The Bertz CT molecular complexity index is 786. The fourth-order valence-corrected chi connectivity index (χ4v) is 2.99. The van der Waals surface area contributed by atoms with Crippen molar-refractivity contribution >= 4 is 11.6 Å². The Hall–Kier alpha value is -2.82. The first-order valence-corrected chi connectivity index (χ1v) is 7.54. The standard InChI is InChI=1S/C18H16N2O3/c1-12(21)20-16(13-5-3-2-4-6-13)10-15(19-20)14-7-8-17-18(9-14)23-11-22-17/h2-9,16H,10-11H2,1H3/t16-/m1/s1. The van der Waals surface area contributed by atoms with Crippen molar-refractivity contribution in [2.24, 2.45) is 5.10 Å². The van der Waals surface area contributed by atoms with Gasteiger partial charge in [0.25, 0.3) is 0 Å². The molecule has 0 aromatic heterocycles. The predicted octanol–water partition coefficient (Wildman–Crippen LogP) is 3.11. The molecule has 0 saturated carbocycles. The van der Waals surface area contributed by atoms with Crippen LogP contribution in [0.1, 0.15) is 30.5 Å². The minimum atomic E-state index is -0.0610. The minimum Gasteiger partial charge on any atom is -0.454 e. The van der Waals surface area contributed by atoms with Crippen molar-refractivity contribution in [2.45, 2.75) is 19.4 Å². The highest BCUT2D eigenvalue weighted by molar-refractivity contribution is 6.03. The first-order valence-electron chi connectivity index (χ1n) is 7.54.